The Kier molecular flexibility index (Phi) is 3.08. The SMILES string of the molecule is c1cc(CNC2CC2)cc(CN2CC3CCC2C3)c1. The molecule has 2 bridgehead atoms. The van der Waals surface area contributed by atoms with Gasteiger partial charge in [-0.05, 0) is 49.1 Å². The van der Waals surface area contributed by atoms with Gasteiger partial charge in [0.2, 0.25) is 0 Å². The molecule has 1 aromatic rings. The van der Waals surface area contributed by atoms with E-state index >= 15 is 0 Å². The maximum atomic E-state index is 3.61. The van der Waals surface area contributed by atoms with Crippen LogP contribution in [0.4, 0.5) is 0 Å². The van der Waals surface area contributed by atoms with Crippen LogP contribution in [-0.2, 0) is 13.1 Å². The van der Waals surface area contributed by atoms with Gasteiger partial charge in [0.15, 0.2) is 0 Å². The van der Waals surface area contributed by atoms with Crippen molar-refractivity contribution in [1.82, 2.24) is 10.2 Å². The summed E-state index contributed by atoms with van der Waals surface area (Å²) in [5.74, 6) is 1.00. The zero-order valence-corrected chi connectivity index (χ0v) is 11.6. The number of nitrogens with zero attached hydrogens (tertiary/aromatic N) is 1. The monoisotopic (exact) mass is 256 g/mol. The number of hydrogen-bond donors (Lipinski definition) is 1. The van der Waals surface area contributed by atoms with E-state index in [0.29, 0.717) is 0 Å². The van der Waals surface area contributed by atoms with Gasteiger partial charge in [0.05, 0.1) is 0 Å². The molecule has 3 fully saturated rings. The minimum Gasteiger partial charge on any atom is -0.310 e. The number of nitrogens with one attached hydrogen (secondary N) is 1. The van der Waals surface area contributed by atoms with Crippen molar-refractivity contribution in [3.05, 3.63) is 35.4 Å². The topological polar surface area (TPSA) is 15.3 Å². The maximum Gasteiger partial charge on any atom is 0.0236 e. The van der Waals surface area contributed by atoms with Crippen molar-refractivity contribution in [2.45, 2.75) is 57.3 Å². The standard InChI is InChI=1S/C17H24N2/c1-2-13(10-18-16-5-6-16)8-14(3-1)11-19-12-15-4-7-17(19)9-15/h1-3,8,15-18H,4-7,9-12H2. The van der Waals surface area contributed by atoms with E-state index in [-0.39, 0.29) is 0 Å². The average molecular weight is 256 g/mol. The molecule has 1 aliphatic heterocycles. The summed E-state index contributed by atoms with van der Waals surface area (Å²) in [5.41, 5.74) is 2.96. The van der Waals surface area contributed by atoms with Gasteiger partial charge in [-0.15, -0.1) is 0 Å². The minimum atomic E-state index is 0.804. The van der Waals surface area contributed by atoms with Gasteiger partial charge < -0.3 is 5.32 Å². The van der Waals surface area contributed by atoms with E-state index in [1.165, 1.54) is 56.3 Å². The van der Waals surface area contributed by atoms with Gasteiger partial charge in [0, 0.05) is 31.7 Å². The molecule has 2 heteroatoms. The molecule has 1 heterocycles. The number of piperidine rings is 1. The Morgan fingerprint density at radius 3 is 2.74 bits per heavy atom. The Labute approximate surface area is 116 Å². The second-order valence-electron chi connectivity index (χ2n) is 6.74. The lowest BCUT2D eigenvalue weighted by molar-refractivity contribution is 0.205. The summed E-state index contributed by atoms with van der Waals surface area (Å²) in [5, 5.41) is 3.61. The Balaban J connectivity index is 1.38. The third-order valence-corrected chi connectivity index (χ3v) is 5.07. The molecule has 2 nitrogen and oxygen atoms in total. The van der Waals surface area contributed by atoms with Crippen LogP contribution in [0.25, 0.3) is 0 Å². The van der Waals surface area contributed by atoms with Gasteiger partial charge in [-0.1, -0.05) is 24.3 Å². The van der Waals surface area contributed by atoms with Crippen LogP contribution in [-0.4, -0.2) is 23.5 Å². The molecular formula is C17H24N2. The summed E-state index contributed by atoms with van der Waals surface area (Å²) in [6.07, 6.45) is 7.12. The third-order valence-electron chi connectivity index (χ3n) is 5.07. The summed E-state index contributed by atoms with van der Waals surface area (Å²) in [6.45, 7) is 3.55. The first-order valence-electron chi connectivity index (χ1n) is 7.92. The van der Waals surface area contributed by atoms with Gasteiger partial charge in [0.1, 0.15) is 0 Å². The van der Waals surface area contributed by atoms with Crippen LogP contribution in [0.5, 0.6) is 0 Å². The number of benzene rings is 1. The fraction of sp³-hybridized carbons (Fsp3) is 0.647. The highest BCUT2D eigenvalue weighted by molar-refractivity contribution is 5.24. The van der Waals surface area contributed by atoms with Crippen LogP contribution in [0.3, 0.4) is 0 Å². The molecule has 0 amide bonds. The lowest BCUT2D eigenvalue weighted by atomic mass is 10.1. The molecule has 3 aliphatic rings. The second-order valence-corrected chi connectivity index (χ2v) is 6.74. The smallest absolute Gasteiger partial charge is 0.0236 e. The molecule has 1 saturated heterocycles. The molecular weight excluding hydrogens is 232 g/mol. The molecule has 1 N–H and O–H groups in total. The largest absolute Gasteiger partial charge is 0.310 e. The fourth-order valence-corrected chi connectivity index (χ4v) is 3.84. The van der Waals surface area contributed by atoms with Gasteiger partial charge in [-0.25, -0.2) is 0 Å². The van der Waals surface area contributed by atoms with Crippen LogP contribution in [0.2, 0.25) is 0 Å². The van der Waals surface area contributed by atoms with E-state index in [1.54, 1.807) is 0 Å². The predicted molar refractivity (Wildman–Crippen MR) is 77.8 cm³/mol. The Bertz CT molecular complexity index is 452. The zero-order valence-electron chi connectivity index (χ0n) is 11.6. The van der Waals surface area contributed by atoms with E-state index in [1.807, 2.05) is 0 Å². The minimum absolute atomic E-state index is 0.804. The van der Waals surface area contributed by atoms with E-state index < -0.39 is 0 Å². The van der Waals surface area contributed by atoms with Crippen molar-refractivity contribution in [3.8, 4) is 0 Å². The highest BCUT2D eigenvalue weighted by Gasteiger charge is 2.37. The lowest BCUT2D eigenvalue weighted by Gasteiger charge is -2.26. The summed E-state index contributed by atoms with van der Waals surface area (Å²) in [6, 6.07) is 10.9. The van der Waals surface area contributed by atoms with Crippen LogP contribution >= 0.6 is 0 Å². The number of fused-ring (bicyclic) bond motifs is 2. The van der Waals surface area contributed by atoms with Crippen molar-refractivity contribution in [3.63, 3.8) is 0 Å². The maximum absolute atomic E-state index is 3.61. The number of likely N-dealkylation sites (tertiary alicyclic amines) is 1. The van der Waals surface area contributed by atoms with Gasteiger partial charge in [0.25, 0.3) is 0 Å². The highest BCUT2D eigenvalue weighted by atomic mass is 15.2. The van der Waals surface area contributed by atoms with Crippen LogP contribution in [0.1, 0.15) is 43.2 Å². The first kappa shape index (κ1) is 11.9. The summed E-state index contributed by atoms with van der Waals surface area (Å²) >= 11 is 0. The number of hydrogen-bond acceptors (Lipinski definition) is 2. The molecule has 0 spiro atoms. The van der Waals surface area contributed by atoms with Crippen molar-refractivity contribution in [1.29, 1.82) is 0 Å². The molecule has 102 valence electrons. The molecule has 0 radical (unpaired) electrons. The van der Waals surface area contributed by atoms with Crippen molar-refractivity contribution in [2.75, 3.05) is 6.54 Å². The molecule has 0 aromatic heterocycles. The summed E-state index contributed by atoms with van der Waals surface area (Å²) in [7, 11) is 0. The molecule has 2 aliphatic carbocycles. The van der Waals surface area contributed by atoms with E-state index in [0.717, 1.165) is 24.5 Å². The molecule has 2 unspecified atom stereocenters. The lowest BCUT2D eigenvalue weighted by Crippen LogP contribution is -2.31. The molecule has 4 rings (SSSR count). The molecule has 2 saturated carbocycles. The Morgan fingerprint density at radius 2 is 2.00 bits per heavy atom. The fourth-order valence-electron chi connectivity index (χ4n) is 3.84. The normalized spacial score (nSPS) is 30.1. The average Bonchev–Trinajstić information content (AvgIpc) is 3.04. The number of rotatable bonds is 5. The third kappa shape index (κ3) is 2.70. The molecule has 2 atom stereocenters. The van der Waals surface area contributed by atoms with Crippen LogP contribution < -0.4 is 5.32 Å². The van der Waals surface area contributed by atoms with Gasteiger partial charge >= 0.3 is 0 Å². The second kappa shape index (κ2) is 4.92. The highest BCUT2D eigenvalue weighted by Crippen LogP contribution is 2.38. The predicted octanol–water partition coefficient (Wildman–Crippen LogP) is 2.92. The van der Waals surface area contributed by atoms with Crippen molar-refractivity contribution < 1.29 is 0 Å². The summed E-state index contributed by atoms with van der Waals surface area (Å²) in [4.78, 5) is 2.71. The van der Waals surface area contributed by atoms with Gasteiger partial charge in [-0.2, -0.15) is 0 Å². The van der Waals surface area contributed by atoms with E-state index in [9.17, 15) is 0 Å². The van der Waals surface area contributed by atoms with Crippen molar-refractivity contribution in [2.24, 2.45) is 5.92 Å². The van der Waals surface area contributed by atoms with Crippen LogP contribution in [0, 0.1) is 5.92 Å². The van der Waals surface area contributed by atoms with Gasteiger partial charge in [-0.3, -0.25) is 4.90 Å². The molecule has 1 aromatic carbocycles. The Morgan fingerprint density at radius 1 is 1.11 bits per heavy atom. The first-order chi connectivity index (χ1) is 9.37. The Hall–Kier alpha value is -0.860. The summed E-state index contributed by atoms with van der Waals surface area (Å²) < 4.78 is 0. The van der Waals surface area contributed by atoms with Crippen LogP contribution in [0.15, 0.2) is 24.3 Å². The van der Waals surface area contributed by atoms with E-state index in [2.05, 4.69) is 34.5 Å². The van der Waals surface area contributed by atoms with Crippen molar-refractivity contribution >= 4 is 0 Å². The molecule has 19 heavy (non-hydrogen) atoms. The first-order valence-corrected chi connectivity index (χ1v) is 7.92. The zero-order chi connectivity index (χ0) is 12.7. The van der Waals surface area contributed by atoms with E-state index in [4.69, 9.17) is 0 Å². The quantitative estimate of drug-likeness (QED) is 0.871.